The summed E-state index contributed by atoms with van der Waals surface area (Å²) in [5.41, 5.74) is 4.78. The summed E-state index contributed by atoms with van der Waals surface area (Å²) in [5.74, 6) is 0.343. The number of anilines is 1. The third kappa shape index (κ3) is 4.17. The molecule has 0 bridgehead atoms. The molecular formula is C23H24FN3O2. The predicted molar refractivity (Wildman–Crippen MR) is 111 cm³/mol. The minimum absolute atomic E-state index is 0.139. The van der Waals surface area contributed by atoms with Gasteiger partial charge in [0.2, 0.25) is 0 Å². The molecule has 0 aliphatic carbocycles. The van der Waals surface area contributed by atoms with E-state index in [4.69, 9.17) is 4.74 Å². The van der Waals surface area contributed by atoms with Crippen LogP contribution < -0.4 is 10.1 Å². The van der Waals surface area contributed by atoms with E-state index in [2.05, 4.69) is 10.2 Å². The Labute approximate surface area is 169 Å². The van der Waals surface area contributed by atoms with Gasteiger partial charge in [-0.05, 0) is 41.5 Å². The molecule has 0 fully saturated rings. The van der Waals surface area contributed by atoms with Gasteiger partial charge >= 0.3 is 0 Å². The molecule has 1 aliphatic heterocycles. The SMILES string of the molecule is COc1cccc(NC(=O)c2cc3c(n2C)CCN(Cc2ccc(F)cc2)C3)c1. The molecule has 0 atom stereocenters. The fourth-order valence-corrected chi connectivity index (χ4v) is 3.85. The zero-order valence-corrected chi connectivity index (χ0v) is 16.6. The summed E-state index contributed by atoms with van der Waals surface area (Å²) in [7, 11) is 3.54. The minimum Gasteiger partial charge on any atom is -0.497 e. The number of methoxy groups -OCH3 is 1. The number of hydrogen-bond donors (Lipinski definition) is 1. The number of carbonyl (C=O) groups is 1. The molecular weight excluding hydrogens is 369 g/mol. The summed E-state index contributed by atoms with van der Waals surface area (Å²) in [6, 6.07) is 15.9. The molecule has 1 aromatic heterocycles. The molecule has 150 valence electrons. The second kappa shape index (κ2) is 8.09. The maximum atomic E-state index is 13.1. The number of ether oxygens (including phenoxy) is 1. The lowest BCUT2D eigenvalue weighted by Crippen LogP contribution is -2.30. The van der Waals surface area contributed by atoms with Crippen LogP contribution in [0.4, 0.5) is 10.1 Å². The van der Waals surface area contributed by atoms with E-state index in [0.717, 1.165) is 37.2 Å². The predicted octanol–water partition coefficient (Wildman–Crippen LogP) is 3.98. The number of amides is 1. The molecule has 29 heavy (non-hydrogen) atoms. The van der Waals surface area contributed by atoms with Crippen molar-refractivity contribution in [3.8, 4) is 5.75 Å². The van der Waals surface area contributed by atoms with Crippen molar-refractivity contribution in [3.05, 3.63) is 82.9 Å². The molecule has 2 heterocycles. The highest BCUT2D eigenvalue weighted by Crippen LogP contribution is 2.25. The van der Waals surface area contributed by atoms with Crippen LogP contribution in [-0.2, 0) is 26.6 Å². The second-order valence-corrected chi connectivity index (χ2v) is 7.33. The molecule has 6 heteroatoms. The van der Waals surface area contributed by atoms with E-state index in [-0.39, 0.29) is 11.7 Å². The Balaban J connectivity index is 1.48. The lowest BCUT2D eigenvalue weighted by molar-refractivity contribution is 0.101. The number of nitrogens with one attached hydrogen (secondary N) is 1. The summed E-state index contributed by atoms with van der Waals surface area (Å²) in [6.45, 7) is 2.44. The van der Waals surface area contributed by atoms with Crippen LogP contribution in [0.15, 0.2) is 54.6 Å². The molecule has 1 N–H and O–H groups in total. The Kier molecular flexibility index (Phi) is 5.36. The molecule has 0 saturated carbocycles. The van der Waals surface area contributed by atoms with E-state index < -0.39 is 0 Å². The van der Waals surface area contributed by atoms with Gasteiger partial charge in [0.15, 0.2) is 0 Å². The molecule has 1 amide bonds. The van der Waals surface area contributed by atoms with Crippen LogP contribution in [0.2, 0.25) is 0 Å². The van der Waals surface area contributed by atoms with Gasteiger partial charge in [-0.15, -0.1) is 0 Å². The van der Waals surface area contributed by atoms with Gasteiger partial charge in [-0.3, -0.25) is 9.69 Å². The van der Waals surface area contributed by atoms with Crippen molar-refractivity contribution < 1.29 is 13.9 Å². The third-order valence-electron chi connectivity index (χ3n) is 5.39. The molecule has 2 aromatic carbocycles. The second-order valence-electron chi connectivity index (χ2n) is 7.33. The van der Waals surface area contributed by atoms with Crippen molar-refractivity contribution in [1.82, 2.24) is 9.47 Å². The Morgan fingerprint density at radius 2 is 1.97 bits per heavy atom. The van der Waals surface area contributed by atoms with Crippen LogP contribution in [-0.4, -0.2) is 29.0 Å². The van der Waals surface area contributed by atoms with Crippen molar-refractivity contribution in [1.29, 1.82) is 0 Å². The Bertz CT molecular complexity index is 1030. The fraction of sp³-hybridized carbons (Fsp3) is 0.261. The van der Waals surface area contributed by atoms with Crippen molar-refractivity contribution >= 4 is 11.6 Å². The largest absolute Gasteiger partial charge is 0.497 e. The molecule has 4 rings (SSSR count). The number of nitrogens with zero attached hydrogens (tertiary/aromatic N) is 2. The maximum Gasteiger partial charge on any atom is 0.272 e. The van der Waals surface area contributed by atoms with Crippen LogP contribution in [0.1, 0.15) is 27.3 Å². The summed E-state index contributed by atoms with van der Waals surface area (Å²) >= 11 is 0. The molecule has 3 aromatic rings. The number of rotatable bonds is 5. The van der Waals surface area contributed by atoms with Crippen LogP contribution >= 0.6 is 0 Å². The number of fused-ring (bicyclic) bond motifs is 1. The first-order chi connectivity index (χ1) is 14.0. The highest BCUT2D eigenvalue weighted by molar-refractivity contribution is 6.03. The maximum absolute atomic E-state index is 13.1. The van der Waals surface area contributed by atoms with Gasteiger partial charge in [-0.25, -0.2) is 4.39 Å². The van der Waals surface area contributed by atoms with E-state index in [0.29, 0.717) is 17.1 Å². The van der Waals surface area contributed by atoms with E-state index in [1.54, 1.807) is 13.2 Å². The third-order valence-corrected chi connectivity index (χ3v) is 5.39. The van der Waals surface area contributed by atoms with Gasteiger partial charge < -0.3 is 14.6 Å². The van der Waals surface area contributed by atoms with Crippen molar-refractivity contribution in [2.24, 2.45) is 7.05 Å². The fourth-order valence-electron chi connectivity index (χ4n) is 3.85. The molecule has 0 radical (unpaired) electrons. The minimum atomic E-state index is -0.218. The van der Waals surface area contributed by atoms with Crippen LogP contribution in [0.5, 0.6) is 5.75 Å². The van der Waals surface area contributed by atoms with Gasteiger partial charge in [0, 0.05) is 50.6 Å². The first kappa shape index (κ1) is 19.2. The van der Waals surface area contributed by atoms with E-state index in [1.165, 1.54) is 17.8 Å². The topological polar surface area (TPSA) is 46.5 Å². The average molecular weight is 393 g/mol. The van der Waals surface area contributed by atoms with Crippen molar-refractivity contribution in [3.63, 3.8) is 0 Å². The van der Waals surface area contributed by atoms with Crippen LogP contribution in [0.3, 0.4) is 0 Å². The zero-order valence-electron chi connectivity index (χ0n) is 16.6. The normalized spacial score (nSPS) is 13.8. The lowest BCUT2D eigenvalue weighted by atomic mass is 10.1. The van der Waals surface area contributed by atoms with Gasteiger partial charge in [-0.2, -0.15) is 0 Å². The average Bonchev–Trinajstić information content (AvgIpc) is 3.06. The number of benzene rings is 2. The Hall–Kier alpha value is -3.12. The van der Waals surface area contributed by atoms with E-state index >= 15 is 0 Å². The summed E-state index contributed by atoms with van der Waals surface area (Å²) < 4.78 is 20.3. The van der Waals surface area contributed by atoms with Crippen LogP contribution in [0, 0.1) is 5.82 Å². The quantitative estimate of drug-likeness (QED) is 0.713. The molecule has 0 unspecified atom stereocenters. The molecule has 0 saturated heterocycles. The van der Waals surface area contributed by atoms with E-state index in [1.807, 2.05) is 48.0 Å². The number of halogens is 1. The molecule has 1 aliphatic rings. The summed E-state index contributed by atoms with van der Waals surface area (Å²) in [6.07, 6.45) is 0.874. The number of carbonyl (C=O) groups excluding carboxylic acids is 1. The lowest BCUT2D eigenvalue weighted by Gasteiger charge is -2.27. The zero-order chi connectivity index (χ0) is 20.4. The van der Waals surface area contributed by atoms with Gasteiger partial charge in [0.05, 0.1) is 7.11 Å². The van der Waals surface area contributed by atoms with E-state index in [9.17, 15) is 9.18 Å². The van der Waals surface area contributed by atoms with Gasteiger partial charge in [0.25, 0.3) is 5.91 Å². The first-order valence-corrected chi connectivity index (χ1v) is 9.63. The first-order valence-electron chi connectivity index (χ1n) is 9.63. The summed E-state index contributed by atoms with van der Waals surface area (Å²) in [4.78, 5) is 15.2. The number of hydrogen-bond acceptors (Lipinski definition) is 3. The van der Waals surface area contributed by atoms with Crippen LogP contribution in [0.25, 0.3) is 0 Å². The smallest absolute Gasteiger partial charge is 0.272 e. The van der Waals surface area contributed by atoms with Crippen molar-refractivity contribution in [2.75, 3.05) is 19.0 Å². The van der Waals surface area contributed by atoms with Gasteiger partial charge in [-0.1, -0.05) is 18.2 Å². The Morgan fingerprint density at radius 1 is 1.17 bits per heavy atom. The Morgan fingerprint density at radius 3 is 2.72 bits per heavy atom. The molecule has 5 nitrogen and oxygen atoms in total. The highest BCUT2D eigenvalue weighted by atomic mass is 19.1. The highest BCUT2D eigenvalue weighted by Gasteiger charge is 2.23. The monoisotopic (exact) mass is 393 g/mol. The summed E-state index contributed by atoms with van der Waals surface area (Å²) in [5, 5.41) is 2.95. The number of aromatic nitrogens is 1. The standard InChI is InChI=1S/C23H24FN3O2/c1-26-21-10-11-27(14-16-6-8-18(24)9-7-16)15-17(21)12-22(26)23(28)25-19-4-3-5-20(13-19)29-2/h3-9,12-13H,10-11,14-15H2,1-2H3,(H,25,28). The van der Waals surface area contributed by atoms with Crippen molar-refractivity contribution in [2.45, 2.75) is 19.5 Å². The van der Waals surface area contributed by atoms with Gasteiger partial charge in [0.1, 0.15) is 17.3 Å². The molecule has 0 spiro atoms.